The summed E-state index contributed by atoms with van der Waals surface area (Å²) in [4.78, 5) is 26.7. The highest BCUT2D eigenvalue weighted by Crippen LogP contribution is 2.25. The molecule has 0 radical (unpaired) electrons. The molecule has 3 rings (SSSR count). The van der Waals surface area contributed by atoms with Crippen molar-refractivity contribution in [3.05, 3.63) is 35.9 Å². The average Bonchev–Trinajstić information content (AvgIpc) is 2.93. The van der Waals surface area contributed by atoms with Crippen molar-refractivity contribution in [1.82, 2.24) is 9.80 Å². The van der Waals surface area contributed by atoms with Crippen molar-refractivity contribution in [2.75, 3.05) is 26.2 Å². The number of hydrogen-bond acceptors (Lipinski definition) is 4. The van der Waals surface area contributed by atoms with Gasteiger partial charge in [-0.25, -0.2) is 4.79 Å². The second-order valence-electron chi connectivity index (χ2n) is 5.92. The lowest BCUT2D eigenvalue weighted by atomic mass is 9.97. The van der Waals surface area contributed by atoms with E-state index in [0.29, 0.717) is 26.2 Å². The van der Waals surface area contributed by atoms with Crippen molar-refractivity contribution in [2.45, 2.75) is 19.1 Å². The molecule has 1 N–H and O–H groups in total. The predicted octanol–water partition coefficient (Wildman–Crippen LogP) is 1.41. The number of carbonyl (C=O) groups is 2. The maximum atomic E-state index is 12.1. The Morgan fingerprint density at radius 3 is 2.59 bits per heavy atom. The van der Waals surface area contributed by atoms with Crippen LogP contribution in [0.15, 0.2) is 30.3 Å². The number of carboxylic acids is 1. The number of hydrogen-bond donors (Lipinski definition) is 1. The molecule has 0 saturated carbocycles. The second-order valence-corrected chi connectivity index (χ2v) is 5.92. The van der Waals surface area contributed by atoms with Crippen LogP contribution in [0.5, 0.6) is 0 Å². The van der Waals surface area contributed by atoms with Crippen LogP contribution < -0.4 is 0 Å². The molecule has 1 aromatic carbocycles. The van der Waals surface area contributed by atoms with Gasteiger partial charge in [-0.1, -0.05) is 30.3 Å². The van der Waals surface area contributed by atoms with Crippen LogP contribution in [0.3, 0.4) is 0 Å². The molecule has 2 saturated heterocycles. The molecule has 1 aromatic rings. The summed E-state index contributed by atoms with van der Waals surface area (Å²) in [5, 5.41) is 8.90. The summed E-state index contributed by atoms with van der Waals surface area (Å²) in [5.74, 6) is -0.979. The van der Waals surface area contributed by atoms with E-state index in [1.54, 1.807) is 4.90 Å². The third kappa shape index (κ3) is 3.22. The number of carboxylic acid groups (broad SMARTS) is 1. The van der Waals surface area contributed by atoms with Crippen molar-refractivity contribution in [2.24, 2.45) is 5.92 Å². The lowest BCUT2D eigenvalue weighted by molar-refractivity contribution is -0.148. The molecule has 0 unspecified atom stereocenters. The Labute approximate surface area is 129 Å². The van der Waals surface area contributed by atoms with E-state index < -0.39 is 5.97 Å². The van der Waals surface area contributed by atoms with Gasteiger partial charge in [0.25, 0.3) is 0 Å². The Bertz CT molecular complexity index is 542. The summed E-state index contributed by atoms with van der Waals surface area (Å²) >= 11 is 0. The highest BCUT2D eigenvalue weighted by Gasteiger charge is 2.40. The summed E-state index contributed by atoms with van der Waals surface area (Å²) in [5.41, 5.74) is 0.971. The molecule has 1 atom stereocenters. The molecular formula is C16H20N2O4. The van der Waals surface area contributed by atoms with Crippen molar-refractivity contribution in [1.29, 1.82) is 0 Å². The molecule has 0 aliphatic carbocycles. The molecule has 2 aliphatic rings. The Kier molecular flexibility index (Phi) is 4.29. The Morgan fingerprint density at radius 2 is 1.91 bits per heavy atom. The summed E-state index contributed by atoms with van der Waals surface area (Å²) in [7, 11) is 0. The zero-order valence-corrected chi connectivity index (χ0v) is 12.4. The van der Waals surface area contributed by atoms with E-state index in [0.717, 1.165) is 12.0 Å². The van der Waals surface area contributed by atoms with Gasteiger partial charge in [-0.15, -0.1) is 0 Å². The number of likely N-dealkylation sites (tertiary alicyclic amines) is 2. The van der Waals surface area contributed by atoms with Gasteiger partial charge in [-0.2, -0.15) is 0 Å². The zero-order valence-electron chi connectivity index (χ0n) is 12.4. The van der Waals surface area contributed by atoms with Gasteiger partial charge >= 0.3 is 12.1 Å². The first-order valence-electron chi connectivity index (χ1n) is 7.56. The average molecular weight is 304 g/mol. The minimum Gasteiger partial charge on any atom is -0.481 e. The Hall–Kier alpha value is -2.08. The van der Waals surface area contributed by atoms with Crippen molar-refractivity contribution >= 4 is 12.1 Å². The van der Waals surface area contributed by atoms with Gasteiger partial charge in [0.2, 0.25) is 0 Å². The SMILES string of the molecule is O=C(O)C1CN([C@@H]2CCN(C(=O)OCc3ccccc3)C2)C1. The first-order valence-corrected chi connectivity index (χ1v) is 7.56. The Morgan fingerprint density at radius 1 is 1.18 bits per heavy atom. The van der Waals surface area contributed by atoms with Gasteiger partial charge in [0.05, 0.1) is 5.92 Å². The maximum absolute atomic E-state index is 12.1. The standard InChI is InChI=1S/C16H20N2O4/c19-15(20)13-8-18(9-13)14-6-7-17(10-14)16(21)22-11-12-4-2-1-3-5-12/h1-5,13-14H,6-11H2,(H,19,20)/t14-/m1/s1. The first kappa shape index (κ1) is 14.8. The van der Waals surface area contributed by atoms with Crippen molar-refractivity contribution < 1.29 is 19.4 Å². The number of ether oxygens (including phenoxy) is 1. The number of benzene rings is 1. The van der Waals surface area contributed by atoms with E-state index in [1.165, 1.54) is 0 Å². The smallest absolute Gasteiger partial charge is 0.410 e. The summed E-state index contributed by atoms with van der Waals surface area (Å²) < 4.78 is 5.33. The van der Waals surface area contributed by atoms with Crippen LogP contribution in [0.25, 0.3) is 0 Å². The van der Waals surface area contributed by atoms with Gasteiger partial charge < -0.3 is 14.7 Å². The highest BCUT2D eigenvalue weighted by atomic mass is 16.6. The van der Waals surface area contributed by atoms with Gasteiger partial charge in [-0.05, 0) is 12.0 Å². The van der Waals surface area contributed by atoms with Crippen LogP contribution in [0.4, 0.5) is 4.79 Å². The summed E-state index contributed by atoms with van der Waals surface area (Å²) in [6.45, 7) is 2.76. The van der Waals surface area contributed by atoms with Crippen LogP contribution in [0, 0.1) is 5.92 Å². The quantitative estimate of drug-likeness (QED) is 0.911. The third-order valence-electron chi connectivity index (χ3n) is 4.40. The van der Waals surface area contributed by atoms with E-state index in [2.05, 4.69) is 4.90 Å². The molecule has 1 amide bonds. The molecular weight excluding hydrogens is 284 g/mol. The van der Waals surface area contributed by atoms with E-state index in [-0.39, 0.29) is 24.7 Å². The number of aliphatic carboxylic acids is 1. The predicted molar refractivity (Wildman–Crippen MR) is 79.3 cm³/mol. The van der Waals surface area contributed by atoms with E-state index in [1.807, 2.05) is 30.3 Å². The Balaban J connectivity index is 1.42. The molecule has 0 aromatic heterocycles. The van der Waals surface area contributed by atoms with Crippen LogP contribution in [0.1, 0.15) is 12.0 Å². The summed E-state index contributed by atoms with van der Waals surface area (Å²) in [6.07, 6.45) is 0.592. The third-order valence-corrected chi connectivity index (χ3v) is 4.40. The van der Waals surface area contributed by atoms with E-state index in [4.69, 9.17) is 9.84 Å². The van der Waals surface area contributed by atoms with E-state index >= 15 is 0 Å². The van der Waals surface area contributed by atoms with Gasteiger partial charge in [0.15, 0.2) is 0 Å². The van der Waals surface area contributed by atoms with Crippen LogP contribution in [0.2, 0.25) is 0 Å². The molecule has 2 aliphatic heterocycles. The fourth-order valence-electron chi connectivity index (χ4n) is 2.98. The van der Waals surface area contributed by atoms with Gasteiger partial charge in [0.1, 0.15) is 6.61 Å². The number of rotatable bonds is 4. The molecule has 118 valence electrons. The minimum atomic E-state index is -0.728. The number of amides is 1. The lowest BCUT2D eigenvalue weighted by Gasteiger charge is -2.40. The monoisotopic (exact) mass is 304 g/mol. The molecule has 22 heavy (non-hydrogen) atoms. The topological polar surface area (TPSA) is 70.1 Å². The van der Waals surface area contributed by atoms with Gasteiger partial charge in [0, 0.05) is 32.2 Å². The number of nitrogens with zero attached hydrogens (tertiary/aromatic N) is 2. The van der Waals surface area contributed by atoms with Crippen LogP contribution in [-0.2, 0) is 16.1 Å². The molecule has 2 heterocycles. The fourth-order valence-corrected chi connectivity index (χ4v) is 2.98. The van der Waals surface area contributed by atoms with Crippen molar-refractivity contribution in [3.8, 4) is 0 Å². The van der Waals surface area contributed by atoms with Crippen molar-refractivity contribution in [3.63, 3.8) is 0 Å². The minimum absolute atomic E-state index is 0.251. The van der Waals surface area contributed by atoms with Crippen LogP contribution in [-0.4, -0.2) is 59.2 Å². The maximum Gasteiger partial charge on any atom is 0.410 e. The molecule has 6 heteroatoms. The van der Waals surface area contributed by atoms with E-state index in [9.17, 15) is 9.59 Å². The summed E-state index contributed by atoms with van der Waals surface area (Å²) in [6, 6.07) is 9.86. The largest absolute Gasteiger partial charge is 0.481 e. The zero-order chi connectivity index (χ0) is 15.5. The normalized spacial score (nSPS) is 22.4. The molecule has 0 spiro atoms. The molecule has 0 bridgehead atoms. The van der Waals surface area contributed by atoms with Crippen LogP contribution >= 0.6 is 0 Å². The highest BCUT2D eigenvalue weighted by molar-refractivity contribution is 5.71. The molecule has 2 fully saturated rings. The first-order chi connectivity index (χ1) is 10.6. The second kappa shape index (κ2) is 6.36. The van der Waals surface area contributed by atoms with Gasteiger partial charge in [-0.3, -0.25) is 9.69 Å². The lowest BCUT2D eigenvalue weighted by Crippen LogP contribution is -2.55. The molecule has 6 nitrogen and oxygen atoms in total. The number of carbonyl (C=O) groups excluding carboxylic acids is 1. The fraction of sp³-hybridized carbons (Fsp3) is 0.500.